The maximum atomic E-state index is 12.5. The van der Waals surface area contributed by atoms with Crippen LogP contribution in [0.3, 0.4) is 0 Å². The first-order valence-corrected chi connectivity index (χ1v) is 9.98. The summed E-state index contributed by atoms with van der Waals surface area (Å²) in [7, 11) is 0. The molecular weight excluding hydrogens is 390 g/mol. The number of carbonyl (C=O) groups excluding carboxylic acids is 3. The molecule has 1 heterocycles. The smallest absolute Gasteiger partial charge is 0.239 e. The van der Waals surface area contributed by atoms with Crippen LogP contribution in [-0.2, 0) is 9.59 Å². The molecule has 0 radical (unpaired) electrons. The van der Waals surface area contributed by atoms with Gasteiger partial charge in [-0.2, -0.15) is 0 Å². The second-order valence-corrected chi connectivity index (χ2v) is 7.50. The van der Waals surface area contributed by atoms with E-state index < -0.39 is 11.9 Å². The van der Waals surface area contributed by atoms with E-state index in [1.807, 2.05) is 23.1 Å². The Morgan fingerprint density at radius 2 is 1.52 bits per heavy atom. The lowest BCUT2D eigenvalue weighted by Gasteiger charge is -2.38. The Balaban J connectivity index is 1.53. The van der Waals surface area contributed by atoms with Crippen molar-refractivity contribution in [3.05, 3.63) is 70.7 Å². The number of ketones is 1. The van der Waals surface area contributed by atoms with Gasteiger partial charge in [0.05, 0.1) is 0 Å². The van der Waals surface area contributed by atoms with Crippen molar-refractivity contribution in [1.82, 2.24) is 9.80 Å². The Labute approximate surface area is 175 Å². The summed E-state index contributed by atoms with van der Waals surface area (Å²) in [6, 6.07) is 15.5. The molecule has 7 heteroatoms. The molecule has 152 valence electrons. The van der Waals surface area contributed by atoms with Crippen LogP contribution in [0.2, 0.25) is 5.02 Å². The number of halogens is 1. The molecule has 1 aliphatic heterocycles. The SMILES string of the molecule is NC(=O)C(c1ccc(Cl)cc1)N1CCN(C(=O)CCC(=O)c2ccccc2)CC1. The summed E-state index contributed by atoms with van der Waals surface area (Å²) in [4.78, 5) is 40.5. The average molecular weight is 414 g/mol. The van der Waals surface area contributed by atoms with Crippen molar-refractivity contribution in [2.45, 2.75) is 18.9 Å². The quantitative estimate of drug-likeness (QED) is 0.707. The number of hydrogen-bond donors (Lipinski definition) is 1. The van der Waals surface area contributed by atoms with Crippen LogP contribution in [0.4, 0.5) is 0 Å². The Morgan fingerprint density at radius 3 is 2.10 bits per heavy atom. The van der Waals surface area contributed by atoms with Crippen molar-refractivity contribution >= 4 is 29.2 Å². The number of nitrogens with two attached hydrogens (primary N) is 1. The lowest BCUT2D eigenvalue weighted by atomic mass is 10.0. The first kappa shape index (κ1) is 21.0. The molecule has 0 spiro atoms. The molecule has 2 aromatic carbocycles. The molecule has 0 aliphatic carbocycles. The first-order valence-electron chi connectivity index (χ1n) is 9.60. The van der Waals surface area contributed by atoms with E-state index in [-0.39, 0.29) is 24.5 Å². The van der Waals surface area contributed by atoms with Crippen LogP contribution in [-0.4, -0.2) is 53.6 Å². The highest BCUT2D eigenvalue weighted by Crippen LogP contribution is 2.24. The number of carbonyl (C=O) groups is 3. The van der Waals surface area contributed by atoms with Gasteiger partial charge in [-0.15, -0.1) is 0 Å². The van der Waals surface area contributed by atoms with Gasteiger partial charge in [-0.1, -0.05) is 54.1 Å². The van der Waals surface area contributed by atoms with Crippen molar-refractivity contribution in [1.29, 1.82) is 0 Å². The second-order valence-electron chi connectivity index (χ2n) is 7.06. The van der Waals surface area contributed by atoms with Crippen molar-refractivity contribution in [2.75, 3.05) is 26.2 Å². The third-order valence-electron chi connectivity index (χ3n) is 5.15. The average Bonchev–Trinajstić information content (AvgIpc) is 2.74. The Bertz CT molecular complexity index is 863. The molecule has 1 aliphatic rings. The van der Waals surface area contributed by atoms with E-state index in [9.17, 15) is 14.4 Å². The lowest BCUT2D eigenvalue weighted by molar-refractivity contribution is -0.134. The summed E-state index contributed by atoms with van der Waals surface area (Å²) >= 11 is 5.93. The standard InChI is InChI=1S/C22H24ClN3O3/c23-18-8-6-17(7-9-18)21(22(24)29)26-14-12-25(13-15-26)20(28)11-10-19(27)16-4-2-1-3-5-16/h1-9,21H,10-15H2,(H2,24,29). The molecule has 29 heavy (non-hydrogen) atoms. The van der Waals surface area contributed by atoms with E-state index in [1.54, 1.807) is 41.3 Å². The van der Waals surface area contributed by atoms with Crippen molar-refractivity contribution < 1.29 is 14.4 Å². The first-order chi connectivity index (χ1) is 14.0. The number of benzene rings is 2. The maximum absolute atomic E-state index is 12.5. The molecule has 0 aromatic heterocycles. The van der Waals surface area contributed by atoms with Gasteiger partial charge in [0, 0.05) is 49.6 Å². The fourth-order valence-corrected chi connectivity index (χ4v) is 3.70. The van der Waals surface area contributed by atoms with Gasteiger partial charge in [0.1, 0.15) is 6.04 Å². The highest BCUT2D eigenvalue weighted by atomic mass is 35.5. The van der Waals surface area contributed by atoms with E-state index in [4.69, 9.17) is 17.3 Å². The molecule has 2 N–H and O–H groups in total. The summed E-state index contributed by atoms with van der Waals surface area (Å²) in [5.41, 5.74) is 7.05. The van der Waals surface area contributed by atoms with Gasteiger partial charge in [0.15, 0.2) is 5.78 Å². The van der Waals surface area contributed by atoms with E-state index in [1.165, 1.54) is 0 Å². The number of hydrogen-bond acceptors (Lipinski definition) is 4. The number of rotatable bonds is 7. The molecule has 0 saturated carbocycles. The number of piperazine rings is 1. The van der Waals surface area contributed by atoms with E-state index in [2.05, 4.69) is 0 Å². The molecule has 1 saturated heterocycles. The van der Waals surface area contributed by atoms with Gasteiger partial charge in [0.25, 0.3) is 0 Å². The molecular formula is C22H24ClN3O3. The monoisotopic (exact) mass is 413 g/mol. The number of nitrogens with zero attached hydrogens (tertiary/aromatic N) is 2. The summed E-state index contributed by atoms with van der Waals surface area (Å²) in [5.74, 6) is -0.509. The zero-order valence-electron chi connectivity index (χ0n) is 16.1. The van der Waals surface area contributed by atoms with Crippen molar-refractivity contribution in [3.8, 4) is 0 Å². The van der Waals surface area contributed by atoms with Crippen LogP contribution in [0.15, 0.2) is 54.6 Å². The topological polar surface area (TPSA) is 83.7 Å². The minimum atomic E-state index is -0.552. The third kappa shape index (κ3) is 5.43. The van der Waals surface area contributed by atoms with Crippen LogP contribution in [0.25, 0.3) is 0 Å². The summed E-state index contributed by atoms with van der Waals surface area (Å²) in [5, 5.41) is 0.595. The molecule has 0 bridgehead atoms. The second kappa shape index (κ2) is 9.67. The minimum Gasteiger partial charge on any atom is -0.368 e. The minimum absolute atomic E-state index is 0.0332. The van der Waals surface area contributed by atoms with E-state index in [0.717, 1.165) is 5.56 Å². The molecule has 3 rings (SSSR count). The largest absolute Gasteiger partial charge is 0.368 e. The predicted octanol–water partition coefficient (Wildman–Crippen LogP) is 2.67. The fourth-order valence-electron chi connectivity index (χ4n) is 3.58. The van der Waals surface area contributed by atoms with Crippen LogP contribution >= 0.6 is 11.6 Å². The van der Waals surface area contributed by atoms with Crippen LogP contribution < -0.4 is 5.73 Å². The maximum Gasteiger partial charge on any atom is 0.239 e. The van der Waals surface area contributed by atoms with Crippen molar-refractivity contribution in [2.24, 2.45) is 5.73 Å². The van der Waals surface area contributed by atoms with Gasteiger partial charge >= 0.3 is 0 Å². The highest BCUT2D eigenvalue weighted by molar-refractivity contribution is 6.30. The summed E-state index contributed by atoms with van der Waals surface area (Å²) in [6.45, 7) is 2.06. The van der Waals surface area contributed by atoms with E-state index in [0.29, 0.717) is 36.8 Å². The molecule has 1 unspecified atom stereocenters. The molecule has 2 amide bonds. The Kier molecular flexibility index (Phi) is 7.01. The van der Waals surface area contributed by atoms with Crippen LogP contribution in [0.1, 0.15) is 34.8 Å². The predicted molar refractivity (Wildman–Crippen MR) is 112 cm³/mol. The normalized spacial score (nSPS) is 15.7. The zero-order valence-corrected chi connectivity index (χ0v) is 16.8. The van der Waals surface area contributed by atoms with Crippen LogP contribution in [0.5, 0.6) is 0 Å². The number of primary amides is 1. The van der Waals surface area contributed by atoms with E-state index >= 15 is 0 Å². The van der Waals surface area contributed by atoms with Gasteiger partial charge in [0.2, 0.25) is 11.8 Å². The van der Waals surface area contributed by atoms with Gasteiger partial charge in [-0.3, -0.25) is 19.3 Å². The molecule has 1 atom stereocenters. The number of Topliss-reactive ketones (excluding diaryl/α,β-unsaturated/α-hetero) is 1. The molecule has 6 nitrogen and oxygen atoms in total. The summed E-state index contributed by atoms with van der Waals surface area (Å²) < 4.78 is 0. The zero-order chi connectivity index (χ0) is 20.8. The Morgan fingerprint density at radius 1 is 0.897 bits per heavy atom. The summed E-state index contributed by atoms with van der Waals surface area (Å²) in [6.07, 6.45) is 0.377. The lowest BCUT2D eigenvalue weighted by Crippen LogP contribution is -2.51. The van der Waals surface area contributed by atoms with Gasteiger partial charge in [-0.25, -0.2) is 0 Å². The number of amides is 2. The highest BCUT2D eigenvalue weighted by Gasteiger charge is 2.30. The van der Waals surface area contributed by atoms with Crippen molar-refractivity contribution in [3.63, 3.8) is 0 Å². The van der Waals surface area contributed by atoms with Gasteiger partial charge in [-0.05, 0) is 17.7 Å². The van der Waals surface area contributed by atoms with Crippen LogP contribution in [0, 0.1) is 0 Å². The molecule has 2 aromatic rings. The van der Waals surface area contributed by atoms with Gasteiger partial charge < -0.3 is 10.6 Å². The third-order valence-corrected chi connectivity index (χ3v) is 5.40. The fraction of sp³-hybridized carbons (Fsp3) is 0.318. The molecule has 1 fully saturated rings. The Hall–Kier alpha value is -2.70.